The van der Waals surface area contributed by atoms with Gasteiger partial charge in [0.15, 0.2) is 0 Å². The summed E-state index contributed by atoms with van der Waals surface area (Å²) < 4.78 is 5.02. The van der Waals surface area contributed by atoms with Gasteiger partial charge in [-0.2, -0.15) is 0 Å². The number of halogens is 1. The van der Waals surface area contributed by atoms with Crippen molar-refractivity contribution in [3.63, 3.8) is 0 Å². The van der Waals surface area contributed by atoms with Crippen LogP contribution in [0, 0.1) is 27.2 Å². The molecule has 0 amide bonds. The Morgan fingerprint density at radius 1 is 1.04 bits per heavy atom. The summed E-state index contributed by atoms with van der Waals surface area (Å²) in [7, 11) is 0. The van der Waals surface area contributed by atoms with Crippen molar-refractivity contribution in [2.45, 2.75) is 6.92 Å². The lowest BCUT2D eigenvalue weighted by Gasteiger charge is -2.06. The van der Waals surface area contributed by atoms with Crippen LogP contribution in [0.25, 0.3) is 0 Å². The van der Waals surface area contributed by atoms with Gasteiger partial charge in [-0.3, -0.25) is 20.2 Å². The Kier molecular flexibility index (Phi) is 4.56. The van der Waals surface area contributed by atoms with Crippen molar-refractivity contribution in [1.82, 2.24) is 0 Å². The number of hydrogen-bond acceptors (Lipinski definition) is 6. The summed E-state index contributed by atoms with van der Waals surface area (Å²) in [6.07, 6.45) is 0. The molecule has 23 heavy (non-hydrogen) atoms. The van der Waals surface area contributed by atoms with Gasteiger partial charge in [0.1, 0.15) is 11.3 Å². The van der Waals surface area contributed by atoms with Crippen molar-refractivity contribution < 1.29 is 19.4 Å². The van der Waals surface area contributed by atoms with E-state index in [0.717, 1.165) is 12.1 Å². The van der Waals surface area contributed by atoms with E-state index < -0.39 is 27.2 Å². The molecule has 0 saturated carbocycles. The molecule has 0 aromatic heterocycles. The Morgan fingerprint density at radius 3 is 1.96 bits per heavy atom. The number of carbonyl (C=O) groups excluding carboxylic acids is 1. The molecule has 0 spiro atoms. The lowest BCUT2D eigenvalue weighted by molar-refractivity contribution is -0.395. The minimum absolute atomic E-state index is 0.136. The molecule has 2 aromatic carbocycles. The zero-order chi connectivity index (χ0) is 17.1. The molecule has 0 radical (unpaired) electrons. The van der Waals surface area contributed by atoms with E-state index in [9.17, 15) is 25.0 Å². The molecule has 0 aliphatic carbocycles. The van der Waals surface area contributed by atoms with Crippen LogP contribution < -0.4 is 4.74 Å². The molecule has 2 aromatic rings. The van der Waals surface area contributed by atoms with Crippen molar-refractivity contribution in [2.75, 3.05) is 0 Å². The van der Waals surface area contributed by atoms with Crippen LogP contribution in [-0.2, 0) is 0 Å². The summed E-state index contributed by atoms with van der Waals surface area (Å²) >= 11 is 5.70. The highest BCUT2D eigenvalue weighted by Gasteiger charge is 2.26. The van der Waals surface area contributed by atoms with Gasteiger partial charge in [0.05, 0.1) is 15.4 Å². The van der Waals surface area contributed by atoms with E-state index in [2.05, 4.69) is 0 Å². The van der Waals surface area contributed by atoms with Crippen LogP contribution in [-0.4, -0.2) is 15.8 Å². The fraction of sp³-hybridized carbons (Fsp3) is 0.0714. The molecule has 0 N–H and O–H groups in total. The van der Waals surface area contributed by atoms with Crippen molar-refractivity contribution >= 4 is 28.9 Å². The molecule has 0 saturated heterocycles. The van der Waals surface area contributed by atoms with Gasteiger partial charge in [0.25, 0.3) is 11.4 Å². The maximum Gasteiger partial charge on any atom is 0.344 e. The summed E-state index contributed by atoms with van der Waals surface area (Å²) in [6, 6.07) is 7.73. The van der Waals surface area contributed by atoms with E-state index in [1.54, 1.807) is 0 Å². The molecule has 0 aliphatic rings. The molecule has 118 valence electrons. The van der Waals surface area contributed by atoms with E-state index in [1.165, 1.54) is 31.2 Å². The third-order valence-electron chi connectivity index (χ3n) is 3.01. The summed E-state index contributed by atoms with van der Waals surface area (Å²) in [5.41, 5.74) is -1.48. The number of rotatable bonds is 4. The fourth-order valence-electron chi connectivity index (χ4n) is 1.85. The number of benzene rings is 2. The summed E-state index contributed by atoms with van der Waals surface area (Å²) in [5.74, 6) is -0.788. The second kappa shape index (κ2) is 6.41. The van der Waals surface area contributed by atoms with Crippen LogP contribution in [0.1, 0.15) is 15.9 Å². The SMILES string of the molecule is Cc1c([N+](=O)[O-])cc(C(=O)Oc2ccc(Cl)cc2)cc1[N+](=O)[O-]. The summed E-state index contributed by atoms with van der Waals surface area (Å²) in [4.78, 5) is 32.4. The zero-order valence-electron chi connectivity index (χ0n) is 11.7. The number of carbonyl (C=O) groups is 1. The molecule has 9 heteroatoms. The quantitative estimate of drug-likeness (QED) is 0.364. The van der Waals surface area contributed by atoms with Gasteiger partial charge in [0, 0.05) is 17.2 Å². The van der Waals surface area contributed by atoms with Gasteiger partial charge in [-0.1, -0.05) is 11.6 Å². The van der Waals surface area contributed by atoms with Gasteiger partial charge in [0.2, 0.25) is 0 Å². The van der Waals surface area contributed by atoms with E-state index in [4.69, 9.17) is 16.3 Å². The number of esters is 1. The lowest BCUT2D eigenvalue weighted by Crippen LogP contribution is -2.10. The van der Waals surface area contributed by atoms with E-state index in [1.807, 2.05) is 0 Å². The number of nitro groups is 2. The van der Waals surface area contributed by atoms with E-state index >= 15 is 0 Å². The highest BCUT2D eigenvalue weighted by molar-refractivity contribution is 6.30. The predicted octanol–water partition coefficient (Wildman–Crippen LogP) is 3.68. The van der Waals surface area contributed by atoms with Crippen LogP contribution in [0.2, 0.25) is 5.02 Å². The molecule has 0 atom stereocenters. The van der Waals surface area contributed by atoms with E-state index in [-0.39, 0.29) is 16.9 Å². The highest BCUT2D eigenvalue weighted by atomic mass is 35.5. The first-order valence-corrected chi connectivity index (χ1v) is 6.58. The van der Waals surface area contributed by atoms with Crippen molar-refractivity contribution in [3.8, 4) is 5.75 Å². The van der Waals surface area contributed by atoms with Crippen LogP contribution in [0.4, 0.5) is 11.4 Å². The third kappa shape index (κ3) is 3.61. The van der Waals surface area contributed by atoms with E-state index in [0.29, 0.717) is 5.02 Å². The maximum atomic E-state index is 12.1. The average molecular weight is 337 g/mol. The Labute approximate surface area is 134 Å². The van der Waals surface area contributed by atoms with Crippen LogP contribution in [0.15, 0.2) is 36.4 Å². The number of ether oxygens (including phenoxy) is 1. The lowest BCUT2D eigenvalue weighted by atomic mass is 10.1. The van der Waals surface area contributed by atoms with Crippen molar-refractivity contribution in [1.29, 1.82) is 0 Å². The van der Waals surface area contributed by atoms with Crippen LogP contribution >= 0.6 is 11.6 Å². The monoisotopic (exact) mass is 336 g/mol. The Hall–Kier alpha value is -3.00. The first kappa shape index (κ1) is 16.4. The molecule has 0 heterocycles. The molecule has 0 fully saturated rings. The van der Waals surface area contributed by atoms with Gasteiger partial charge in [-0.05, 0) is 31.2 Å². The highest BCUT2D eigenvalue weighted by Crippen LogP contribution is 2.30. The standard InChI is InChI=1S/C14H9ClN2O6/c1-8-12(16(19)20)6-9(7-13(8)17(21)22)14(18)23-11-4-2-10(15)3-5-11/h2-7H,1H3. The second-order valence-electron chi connectivity index (χ2n) is 4.50. The fourth-order valence-corrected chi connectivity index (χ4v) is 1.98. The number of nitro benzene ring substituents is 2. The average Bonchev–Trinajstić information content (AvgIpc) is 2.49. The van der Waals surface area contributed by atoms with Gasteiger partial charge >= 0.3 is 5.97 Å². The third-order valence-corrected chi connectivity index (χ3v) is 3.26. The first-order valence-electron chi connectivity index (χ1n) is 6.20. The number of nitrogens with zero attached hydrogens (tertiary/aromatic N) is 2. The largest absolute Gasteiger partial charge is 0.423 e. The molecule has 0 bridgehead atoms. The predicted molar refractivity (Wildman–Crippen MR) is 80.9 cm³/mol. The Morgan fingerprint density at radius 2 is 1.52 bits per heavy atom. The van der Waals surface area contributed by atoms with Crippen LogP contribution in [0.5, 0.6) is 5.75 Å². The molecule has 8 nitrogen and oxygen atoms in total. The maximum absolute atomic E-state index is 12.1. The van der Waals surface area contributed by atoms with Gasteiger partial charge in [-0.15, -0.1) is 0 Å². The smallest absolute Gasteiger partial charge is 0.344 e. The molecular weight excluding hydrogens is 328 g/mol. The first-order chi connectivity index (χ1) is 10.8. The Bertz CT molecular complexity index is 768. The molecular formula is C14H9ClN2O6. The van der Waals surface area contributed by atoms with Gasteiger partial charge < -0.3 is 4.74 Å². The minimum Gasteiger partial charge on any atom is -0.423 e. The van der Waals surface area contributed by atoms with Crippen LogP contribution in [0.3, 0.4) is 0 Å². The Balaban J connectivity index is 2.41. The van der Waals surface area contributed by atoms with Crippen molar-refractivity contribution in [2.24, 2.45) is 0 Å². The number of hydrogen-bond donors (Lipinski definition) is 0. The van der Waals surface area contributed by atoms with Crippen molar-refractivity contribution in [3.05, 3.63) is 72.8 Å². The summed E-state index contributed by atoms with van der Waals surface area (Å²) in [6.45, 7) is 1.24. The molecule has 0 aliphatic heterocycles. The topological polar surface area (TPSA) is 113 Å². The normalized spacial score (nSPS) is 10.2. The molecule has 0 unspecified atom stereocenters. The summed E-state index contributed by atoms with van der Waals surface area (Å²) in [5, 5.41) is 22.4. The minimum atomic E-state index is -0.946. The molecule has 2 rings (SSSR count). The van der Waals surface area contributed by atoms with Gasteiger partial charge in [-0.25, -0.2) is 4.79 Å². The second-order valence-corrected chi connectivity index (χ2v) is 4.93. The zero-order valence-corrected chi connectivity index (χ0v) is 12.4.